The summed E-state index contributed by atoms with van der Waals surface area (Å²) in [4.78, 5) is 4.28. The van der Waals surface area contributed by atoms with Gasteiger partial charge in [-0.1, -0.05) is 6.92 Å². The van der Waals surface area contributed by atoms with Crippen molar-refractivity contribution < 1.29 is 23.4 Å². The van der Waals surface area contributed by atoms with Crippen molar-refractivity contribution in [2.75, 3.05) is 39.3 Å². The summed E-state index contributed by atoms with van der Waals surface area (Å²) in [6.07, 6.45) is -4.24. The number of nitrogens with zero attached hydrogens (tertiary/aromatic N) is 2. The fourth-order valence-corrected chi connectivity index (χ4v) is 3.62. The molecule has 7 heteroatoms. The Morgan fingerprint density at radius 1 is 0.913 bits per heavy atom. The van der Waals surface area contributed by atoms with Crippen LogP contribution >= 0.6 is 0 Å². The summed E-state index contributed by atoms with van der Waals surface area (Å²) in [7, 11) is 0. The Morgan fingerprint density at radius 2 is 1.35 bits per heavy atom. The van der Waals surface area contributed by atoms with Crippen LogP contribution in [-0.4, -0.2) is 77.7 Å². The zero-order chi connectivity index (χ0) is 17.0. The summed E-state index contributed by atoms with van der Waals surface area (Å²) in [6.45, 7) is 6.42. The van der Waals surface area contributed by atoms with Crippen molar-refractivity contribution in [2.45, 2.75) is 51.0 Å². The Labute approximate surface area is 136 Å². The van der Waals surface area contributed by atoms with Gasteiger partial charge in [-0.05, 0) is 63.7 Å². The lowest BCUT2D eigenvalue weighted by atomic mass is 9.90. The molecule has 0 aromatic carbocycles. The van der Waals surface area contributed by atoms with E-state index in [-0.39, 0.29) is 0 Å². The largest absolute Gasteiger partial charge is 0.414 e. The molecular weight excluding hydrogens is 309 g/mol. The highest BCUT2D eigenvalue weighted by Gasteiger charge is 2.44. The number of hydrogen-bond acceptors (Lipinski definition) is 4. The monoisotopic (exact) mass is 338 g/mol. The Bertz CT molecular complexity index is 352. The molecule has 0 aliphatic carbocycles. The second-order valence-corrected chi connectivity index (χ2v) is 7.26. The first kappa shape index (κ1) is 19.0. The van der Waals surface area contributed by atoms with E-state index in [0.29, 0.717) is 39.0 Å². The molecule has 2 rings (SSSR count). The minimum Gasteiger partial charge on any atom is -0.390 e. The number of likely N-dealkylation sites (tertiary alicyclic amines) is 2. The first-order valence-electron chi connectivity index (χ1n) is 8.63. The van der Waals surface area contributed by atoms with Gasteiger partial charge in [-0.25, -0.2) is 0 Å². The molecule has 2 atom stereocenters. The molecule has 4 nitrogen and oxygen atoms in total. The summed E-state index contributed by atoms with van der Waals surface area (Å²) >= 11 is 0. The van der Waals surface area contributed by atoms with E-state index in [1.807, 2.05) is 4.90 Å². The van der Waals surface area contributed by atoms with Gasteiger partial charge in [-0.3, -0.25) is 0 Å². The fourth-order valence-electron chi connectivity index (χ4n) is 3.62. The molecule has 2 N–H and O–H groups in total. The number of halogens is 3. The third-order valence-electron chi connectivity index (χ3n) is 5.23. The SMILES string of the molecule is CC1CCN(CC(O)CN2CCC(C(O)C(F)(F)F)CC2)CC1. The van der Waals surface area contributed by atoms with Crippen molar-refractivity contribution in [2.24, 2.45) is 11.8 Å². The second-order valence-electron chi connectivity index (χ2n) is 7.26. The van der Waals surface area contributed by atoms with Crippen molar-refractivity contribution in [3.8, 4) is 0 Å². The summed E-state index contributed by atoms with van der Waals surface area (Å²) < 4.78 is 37.6. The Morgan fingerprint density at radius 3 is 1.78 bits per heavy atom. The van der Waals surface area contributed by atoms with Crippen molar-refractivity contribution >= 4 is 0 Å². The highest BCUT2D eigenvalue weighted by atomic mass is 19.4. The van der Waals surface area contributed by atoms with E-state index in [1.165, 1.54) is 0 Å². The predicted molar refractivity (Wildman–Crippen MR) is 82.1 cm³/mol. The average molecular weight is 338 g/mol. The van der Waals surface area contributed by atoms with Gasteiger partial charge in [0.2, 0.25) is 0 Å². The van der Waals surface area contributed by atoms with Gasteiger partial charge in [-0.15, -0.1) is 0 Å². The Balaban J connectivity index is 1.67. The zero-order valence-electron chi connectivity index (χ0n) is 13.8. The maximum atomic E-state index is 12.5. The van der Waals surface area contributed by atoms with Crippen molar-refractivity contribution in [3.63, 3.8) is 0 Å². The third-order valence-corrected chi connectivity index (χ3v) is 5.23. The van der Waals surface area contributed by atoms with Gasteiger partial charge in [0, 0.05) is 13.1 Å². The lowest BCUT2D eigenvalue weighted by Gasteiger charge is -2.37. The molecule has 2 aliphatic rings. The topological polar surface area (TPSA) is 46.9 Å². The van der Waals surface area contributed by atoms with E-state index in [4.69, 9.17) is 0 Å². The van der Waals surface area contributed by atoms with Crippen molar-refractivity contribution in [3.05, 3.63) is 0 Å². The molecule has 0 aromatic heterocycles. The molecule has 2 saturated heterocycles. The fraction of sp³-hybridized carbons (Fsp3) is 1.00. The summed E-state index contributed by atoms with van der Waals surface area (Å²) in [5.74, 6) is 0.0365. The van der Waals surface area contributed by atoms with E-state index in [2.05, 4.69) is 11.8 Å². The lowest BCUT2D eigenvalue weighted by Crippen LogP contribution is -2.47. The Hall–Kier alpha value is -0.370. The van der Waals surface area contributed by atoms with Crippen LogP contribution < -0.4 is 0 Å². The van der Waals surface area contributed by atoms with Gasteiger partial charge in [0.25, 0.3) is 0 Å². The van der Waals surface area contributed by atoms with Crippen LogP contribution in [0.1, 0.15) is 32.6 Å². The second kappa shape index (κ2) is 8.14. The molecule has 0 spiro atoms. The first-order chi connectivity index (χ1) is 10.8. The normalized spacial score (nSPS) is 26.3. The van der Waals surface area contributed by atoms with Crippen molar-refractivity contribution in [1.29, 1.82) is 0 Å². The molecule has 2 fully saturated rings. The molecule has 0 bridgehead atoms. The minimum atomic E-state index is -4.53. The van der Waals surface area contributed by atoms with Crippen LogP contribution in [0.15, 0.2) is 0 Å². The van der Waals surface area contributed by atoms with E-state index in [1.54, 1.807) is 0 Å². The summed E-state index contributed by atoms with van der Waals surface area (Å²) in [6, 6.07) is 0. The molecule has 23 heavy (non-hydrogen) atoms. The minimum absolute atomic E-state index is 0.328. The van der Waals surface area contributed by atoms with Crippen molar-refractivity contribution in [1.82, 2.24) is 9.80 Å². The first-order valence-corrected chi connectivity index (χ1v) is 8.63. The molecule has 0 radical (unpaired) electrons. The zero-order valence-corrected chi connectivity index (χ0v) is 13.8. The number of rotatable bonds is 5. The van der Waals surface area contributed by atoms with Gasteiger partial charge in [0.15, 0.2) is 6.10 Å². The van der Waals surface area contributed by atoms with Crippen LogP contribution in [0.3, 0.4) is 0 Å². The Kier molecular flexibility index (Phi) is 6.71. The van der Waals surface area contributed by atoms with Gasteiger partial charge in [-0.2, -0.15) is 13.2 Å². The molecule has 0 saturated carbocycles. The molecular formula is C16H29F3N2O2. The van der Waals surface area contributed by atoms with E-state index < -0.39 is 24.3 Å². The maximum absolute atomic E-state index is 12.5. The van der Waals surface area contributed by atoms with Gasteiger partial charge >= 0.3 is 6.18 Å². The van der Waals surface area contributed by atoms with Gasteiger partial charge in [0.05, 0.1) is 6.10 Å². The summed E-state index contributed by atoms with van der Waals surface area (Å²) in [5, 5.41) is 19.5. The number of piperidine rings is 2. The molecule has 136 valence electrons. The maximum Gasteiger partial charge on any atom is 0.414 e. The molecule has 0 aromatic rings. The number of β-amino-alcohol motifs (C(OH)–C–C–N with tert-alkyl or cyclic N) is 1. The average Bonchev–Trinajstić information content (AvgIpc) is 2.49. The van der Waals surface area contributed by atoms with Gasteiger partial charge < -0.3 is 20.0 Å². The molecule has 2 unspecified atom stereocenters. The van der Waals surface area contributed by atoms with Gasteiger partial charge in [0.1, 0.15) is 0 Å². The third kappa shape index (κ3) is 5.89. The van der Waals surface area contributed by atoms with Crippen LogP contribution in [0.4, 0.5) is 13.2 Å². The quantitative estimate of drug-likeness (QED) is 0.801. The highest BCUT2D eigenvalue weighted by Crippen LogP contribution is 2.31. The molecule has 2 heterocycles. The van der Waals surface area contributed by atoms with Crippen LogP contribution in [-0.2, 0) is 0 Å². The highest BCUT2D eigenvalue weighted by molar-refractivity contribution is 4.83. The lowest BCUT2D eigenvalue weighted by molar-refractivity contribution is -0.223. The van der Waals surface area contributed by atoms with E-state index in [0.717, 1.165) is 31.8 Å². The number of aliphatic hydroxyl groups is 2. The smallest absolute Gasteiger partial charge is 0.390 e. The molecule has 0 amide bonds. The van der Waals surface area contributed by atoms with Crippen LogP contribution in [0.2, 0.25) is 0 Å². The van der Waals surface area contributed by atoms with E-state index >= 15 is 0 Å². The predicted octanol–water partition coefficient (Wildman–Crippen LogP) is 1.71. The standard InChI is InChI=1S/C16H29F3N2O2/c1-12-2-6-20(7-3-12)10-14(22)11-21-8-4-13(5-9-21)15(23)16(17,18)19/h12-15,22-23H,2-11H2,1H3. The summed E-state index contributed by atoms with van der Waals surface area (Å²) in [5.41, 5.74) is 0. The van der Waals surface area contributed by atoms with Crippen LogP contribution in [0.5, 0.6) is 0 Å². The number of alkyl halides is 3. The molecule has 2 aliphatic heterocycles. The van der Waals surface area contributed by atoms with Crippen LogP contribution in [0.25, 0.3) is 0 Å². The van der Waals surface area contributed by atoms with Crippen LogP contribution in [0, 0.1) is 11.8 Å². The number of hydrogen-bond donors (Lipinski definition) is 2. The number of aliphatic hydroxyl groups excluding tert-OH is 2. The van der Waals surface area contributed by atoms with E-state index in [9.17, 15) is 23.4 Å².